The largest absolute Gasteiger partial charge is 0.346 e. The topological polar surface area (TPSA) is 82.7 Å². The fourth-order valence-electron chi connectivity index (χ4n) is 1.23. The zero-order valence-corrected chi connectivity index (χ0v) is 9.08. The lowest BCUT2D eigenvalue weighted by Crippen LogP contribution is -2.27. The molecule has 0 saturated carbocycles. The van der Waals surface area contributed by atoms with Crippen LogP contribution in [0.1, 0.15) is 31.6 Å². The van der Waals surface area contributed by atoms with E-state index < -0.39 is 0 Å². The quantitative estimate of drug-likeness (QED) is 0.578. The molecule has 3 N–H and O–H groups in total. The molecule has 1 atom stereocenters. The number of rotatable bonds is 6. The fraction of sp³-hybridized carbons (Fsp3) is 0.667. The maximum absolute atomic E-state index is 11.4. The molecule has 1 rings (SSSR count). The van der Waals surface area contributed by atoms with Crippen molar-refractivity contribution < 1.29 is 4.79 Å². The smallest absolute Gasteiger partial charge is 0.220 e. The van der Waals surface area contributed by atoms with Gasteiger partial charge in [0.05, 0.1) is 6.04 Å². The number of nitrogens with one attached hydrogen (secondary N) is 3. The molecule has 6 nitrogen and oxygen atoms in total. The molecule has 0 aliphatic rings. The van der Waals surface area contributed by atoms with Crippen LogP contribution in [0.3, 0.4) is 0 Å². The zero-order valence-electron chi connectivity index (χ0n) is 9.08. The Morgan fingerprint density at radius 3 is 3.07 bits per heavy atom. The highest BCUT2D eigenvalue weighted by Gasteiger charge is 2.10. The maximum Gasteiger partial charge on any atom is 0.220 e. The minimum atomic E-state index is -0.116. The second-order valence-electron chi connectivity index (χ2n) is 3.37. The number of H-pyrrole nitrogens is 1. The van der Waals surface area contributed by atoms with Gasteiger partial charge in [0.15, 0.2) is 0 Å². The van der Waals surface area contributed by atoms with E-state index in [9.17, 15) is 4.79 Å². The van der Waals surface area contributed by atoms with E-state index in [1.165, 1.54) is 6.33 Å². The van der Waals surface area contributed by atoms with Crippen molar-refractivity contribution in [1.82, 2.24) is 25.8 Å². The molecule has 1 amide bonds. The van der Waals surface area contributed by atoms with Crippen LogP contribution in [0.5, 0.6) is 0 Å². The first kappa shape index (κ1) is 11.6. The summed E-state index contributed by atoms with van der Waals surface area (Å²) in [5.74, 6) is 0.714. The molecule has 1 heterocycles. The van der Waals surface area contributed by atoms with E-state index >= 15 is 0 Å². The average Bonchev–Trinajstić information content (AvgIpc) is 2.70. The summed E-state index contributed by atoms with van der Waals surface area (Å²) in [4.78, 5) is 15.4. The molecule has 0 radical (unpaired) electrons. The van der Waals surface area contributed by atoms with E-state index in [0.717, 1.165) is 13.0 Å². The molecule has 0 spiro atoms. The molecule has 6 heteroatoms. The lowest BCUT2D eigenvalue weighted by Gasteiger charge is -2.10. The molecule has 0 fully saturated rings. The average molecular weight is 211 g/mol. The number of aromatic amines is 1. The highest BCUT2D eigenvalue weighted by atomic mass is 16.1. The number of amides is 1. The summed E-state index contributed by atoms with van der Waals surface area (Å²) < 4.78 is 0. The Labute approximate surface area is 88.9 Å². The minimum absolute atomic E-state index is 0.0363. The standard InChI is InChI=1S/C9H17N5O/c1-7(9-11-6-12-14-9)13-8(15)4-3-5-10-2/h6-7,10H,3-5H2,1-2H3,(H,13,15)(H,11,12,14). The molecule has 0 saturated heterocycles. The molecule has 1 aromatic rings. The number of carbonyl (C=O) groups excluding carboxylic acids is 1. The predicted molar refractivity (Wildman–Crippen MR) is 56.1 cm³/mol. The van der Waals surface area contributed by atoms with Gasteiger partial charge in [0.2, 0.25) is 5.91 Å². The van der Waals surface area contributed by atoms with Gasteiger partial charge in [-0.25, -0.2) is 4.98 Å². The Morgan fingerprint density at radius 2 is 2.47 bits per heavy atom. The van der Waals surface area contributed by atoms with E-state index in [0.29, 0.717) is 12.2 Å². The maximum atomic E-state index is 11.4. The summed E-state index contributed by atoms with van der Waals surface area (Å²) in [5, 5.41) is 12.3. The van der Waals surface area contributed by atoms with Crippen LogP contribution < -0.4 is 10.6 Å². The van der Waals surface area contributed by atoms with Crippen molar-refractivity contribution >= 4 is 5.91 Å². The van der Waals surface area contributed by atoms with Crippen LogP contribution in [-0.2, 0) is 4.79 Å². The first-order valence-electron chi connectivity index (χ1n) is 5.03. The Kier molecular flexibility index (Phi) is 4.76. The van der Waals surface area contributed by atoms with Gasteiger partial charge in [0.25, 0.3) is 0 Å². The molecular formula is C9H17N5O. The van der Waals surface area contributed by atoms with Crippen LogP contribution in [0.15, 0.2) is 6.33 Å². The van der Waals surface area contributed by atoms with Crippen LogP contribution in [0.25, 0.3) is 0 Å². The second-order valence-corrected chi connectivity index (χ2v) is 3.37. The van der Waals surface area contributed by atoms with Gasteiger partial charge in [-0.15, -0.1) is 0 Å². The summed E-state index contributed by atoms with van der Waals surface area (Å²) in [5.41, 5.74) is 0. The lowest BCUT2D eigenvalue weighted by atomic mass is 10.2. The van der Waals surface area contributed by atoms with Crippen LogP contribution in [0.2, 0.25) is 0 Å². The van der Waals surface area contributed by atoms with Gasteiger partial charge in [-0.2, -0.15) is 5.10 Å². The number of hydrogen-bond acceptors (Lipinski definition) is 4. The second kappa shape index (κ2) is 6.13. The van der Waals surface area contributed by atoms with E-state index in [1.807, 2.05) is 14.0 Å². The third-order valence-corrected chi connectivity index (χ3v) is 2.05. The number of hydrogen-bond donors (Lipinski definition) is 3. The van der Waals surface area contributed by atoms with E-state index in [2.05, 4.69) is 25.8 Å². The number of nitrogens with zero attached hydrogens (tertiary/aromatic N) is 2. The molecule has 84 valence electrons. The van der Waals surface area contributed by atoms with Crippen LogP contribution in [0.4, 0.5) is 0 Å². The first-order valence-corrected chi connectivity index (χ1v) is 5.03. The van der Waals surface area contributed by atoms with Crippen LogP contribution >= 0.6 is 0 Å². The predicted octanol–water partition coefficient (Wildman–Crippen LogP) is -0.0185. The van der Waals surface area contributed by atoms with Gasteiger partial charge in [0.1, 0.15) is 12.2 Å². The Bertz CT molecular complexity index is 285. The molecular weight excluding hydrogens is 194 g/mol. The van der Waals surface area contributed by atoms with Crippen molar-refractivity contribution in [2.24, 2.45) is 0 Å². The molecule has 0 bridgehead atoms. The van der Waals surface area contributed by atoms with E-state index in [4.69, 9.17) is 0 Å². The van der Waals surface area contributed by atoms with Crippen molar-refractivity contribution in [3.05, 3.63) is 12.2 Å². The highest BCUT2D eigenvalue weighted by molar-refractivity contribution is 5.76. The van der Waals surface area contributed by atoms with Gasteiger partial charge in [-0.3, -0.25) is 9.89 Å². The Hall–Kier alpha value is -1.43. The minimum Gasteiger partial charge on any atom is -0.346 e. The van der Waals surface area contributed by atoms with Gasteiger partial charge >= 0.3 is 0 Å². The molecule has 0 aliphatic heterocycles. The summed E-state index contributed by atoms with van der Waals surface area (Å²) >= 11 is 0. The van der Waals surface area contributed by atoms with Crippen LogP contribution in [0, 0.1) is 0 Å². The number of carbonyl (C=O) groups is 1. The summed E-state index contributed by atoms with van der Waals surface area (Å²) in [6.07, 6.45) is 2.80. The van der Waals surface area contributed by atoms with Gasteiger partial charge in [0, 0.05) is 6.42 Å². The highest BCUT2D eigenvalue weighted by Crippen LogP contribution is 2.04. The Morgan fingerprint density at radius 1 is 1.67 bits per heavy atom. The summed E-state index contributed by atoms with van der Waals surface area (Å²) in [7, 11) is 1.87. The van der Waals surface area contributed by atoms with Crippen molar-refractivity contribution in [3.63, 3.8) is 0 Å². The van der Waals surface area contributed by atoms with Crippen LogP contribution in [-0.4, -0.2) is 34.7 Å². The number of aromatic nitrogens is 3. The van der Waals surface area contributed by atoms with E-state index in [-0.39, 0.29) is 11.9 Å². The molecule has 0 aromatic carbocycles. The summed E-state index contributed by atoms with van der Waals surface area (Å²) in [6, 6.07) is -0.116. The third-order valence-electron chi connectivity index (χ3n) is 2.05. The SMILES string of the molecule is CNCCCC(=O)NC(C)c1ncn[nH]1. The molecule has 0 aliphatic carbocycles. The lowest BCUT2D eigenvalue weighted by molar-refractivity contribution is -0.121. The molecule has 1 unspecified atom stereocenters. The van der Waals surface area contributed by atoms with Gasteiger partial charge in [-0.05, 0) is 26.9 Å². The fourth-order valence-corrected chi connectivity index (χ4v) is 1.23. The zero-order chi connectivity index (χ0) is 11.1. The van der Waals surface area contributed by atoms with Gasteiger partial charge in [-0.1, -0.05) is 0 Å². The van der Waals surface area contributed by atoms with Crippen molar-refractivity contribution in [1.29, 1.82) is 0 Å². The summed E-state index contributed by atoms with van der Waals surface area (Å²) in [6.45, 7) is 2.72. The Balaban J connectivity index is 2.26. The van der Waals surface area contributed by atoms with Gasteiger partial charge < -0.3 is 10.6 Å². The van der Waals surface area contributed by atoms with Crippen molar-refractivity contribution in [2.45, 2.75) is 25.8 Å². The van der Waals surface area contributed by atoms with E-state index in [1.54, 1.807) is 0 Å². The normalized spacial score (nSPS) is 12.4. The van der Waals surface area contributed by atoms with Crippen molar-refractivity contribution in [2.75, 3.05) is 13.6 Å². The third kappa shape index (κ3) is 4.07. The van der Waals surface area contributed by atoms with Crippen molar-refractivity contribution in [3.8, 4) is 0 Å². The molecule has 1 aromatic heterocycles. The molecule has 15 heavy (non-hydrogen) atoms. The monoisotopic (exact) mass is 211 g/mol. The first-order chi connectivity index (χ1) is 7.24.